The molecule has 1 aromatic carbocycles. The predicted octanol–water partition coefficient (Wildman–Crippen LogP) is 2.24. The summed E-state index contributed by atoms with van der Waals surface area (Å²) in [6.07, 6.45) is -0.623. The van der Waals surface area contributed by atoms with Crippen LogP contribution in [0, 0.1) is 5.92 Å². The van der Waals surface area contributed by atoms with Crippen molar-refractivity contribution < 1.29 is 14.7 Å². The second-order valence-corrected chi connectivity index (χ2v) is 7.62. The summed E-state index contributed by atoms with van der Waals surface area (Å²) in [7, 11) is 0. The Hall–Kier alpha value is -1.88. The second-order valence-electron chi connectivity index (χ2n) is 7.62. The van der Waals surface area contributed by atoms with E-state index < -0.39 is 12.1 Å². The van der Waals surface area contributed by atoms with Gasteiger partial charge < -0.3 is 15.7 Å². The van der Waals surface area contributed by atoms with E-state index in [-0.39, 0.29) is 29.7 Å². The molecule has 2 atom stereocenters. The maximum Gasteiger partial charge on any atom is 0.251 e. The van der Waals surface area contributed by atoms with Crippen molar-refractivity contribution in [1.82, 2.24) is 10.6 Å². The Balaban J connectivity index is 2.80. The van der Waals surface area contributed by atoms with Crippen LogP contribution in [-0.2, 0) is 10.2 Å². The van der Waals surface area contributed by atoms with Crippen LogP contribution < -0.4 is 10.6 Å². The summed E-state index contributed by atoms with van der Waals surface area (Å²) in [6.45, 7) is 11.8. The first-order valence-electron chi connectivity index (χ1n) is 8.39. The van der Waals surface area contributed by atoms with Crippen LogP contribution in [-0.4, -0.2) is 35.6 Å². The zero-order valence-corrected chi connectivity index (χ0v) is 15.5. The molecule has 2 amide bonds. The van der Waals surface area contributed by atoms with E-state index in [0.717, 1.165) is 5.56 Å². The molecule has 0 radical (unpaired) electrons. The number of rotatable bonds is 6. The quantitative estimate of drug-likeness (QED) is 0.746. The van der Waals surface area contributed by atoms with E-state index in [1.807, 2.05) is 26.0 Å². The van der Waals surface area contributed by atoms with Crippen LogP contribution in [0.25, 0.3) is 0 Å². The van der Waals surface area contributed by atoms with Crippen molar-refractivity contribution in [2.24, 2.45) is 5.92 Å². The molecule has 2 unspecified atom stereocenters. The summed E-state index contributed by atoms with van der Waals surface area (Å²) in [5, 5.41) is 14.7. The Morgan fingerprint density at radius 2 is 1.62 bits per heavy atom. The molecular weight excluding hydrogens is 304 g/mol. The molecule has 0 aliphatic rings. The maximum atomic E-state index is 12.4. The van der Waals surface area contributed by atoms with Gasteiger partial charge in [-0.25, -0.2) is 0 Å². The van der Waals surface area contributed by atoms with Crippen LogP contribution in [0.3, 0.4) is 0 Å². The van der Waals surface area contributed by atoms with E-state index in [1.54, 1.807) is 19.1 Å². The molecule has 5 nitrogen and oxygen atoms in total. The third-order valence-corrected chi connectivity index (χ3v) is 3.82. The highest BCUT2D eigenvalue weighted by Gasteiger charge is 2.25. The number of aliphatic hydroxyl groups excluding tert-OH is 1. The number of hydrogen-bond donors (Lipinski definition) is 3. The largest absolute Gasteiger partial charge is 0.392 e. The standard InChI is InChI=1S/C19H30N2O3/c1-12(2)16(18(24)20-11-13(3)22)21-17(23)14-7-9-15(10-8-14)19(4,5)6/h7-10,12-13,16,22H,11H2,1-6H3,(H,20,24)(H,21,23). The third-order valence-electron chi connectivity index (χ3n) is 3.82. The molecule has 1 rings (SSSR count). The predicted molar refractivity (Wildman–Crippen MR) is 95.9 cm³/mol. The fourth-order valence-electron chi connectivity index (χ4n) is 2.24. The summed E-state index contributed by atoms with van der Waals surface area (Å²) in [5.41, 5.74) is 1.70. The van der Waals surface area contributed by atoms with Gasteiger partial charge in [-0.05, 0) is 36.0 Å². The Labute approximate surface area is 144 Å². The fraction of sp³-hybridized carbons (Fsp3) is 0.579. The van der Waals surface area contributed by atoms with Gasteiger partial charge in [0, 0.05) is 12.1 Å². The van der Waals surface area contributed by atoms with Gasteiger partial charge >= 0.3 is 0 Å². The van der Waals surface area contributed by atoms with E-state index in [2.05, 4.69) is 31.4 Å². The van der Waals surface area contributed by atoms with Gasteiger partial charge in [-0.2, -0.15) is 0 Å². The molecule has 0 aliphatic carbocycles. The number of aliphatic hydroxyl groups is 1. The van der Waals surface area contributed by atoms with Crippen LogP contribution in [0.1, 0.15) is 57.5 Å². The van der Waals surface area contributed by atoms with Crippen LogP contribution in [0.4, 0.5) is 0 Å². The van der Waals surface area contributed by atoms with Gasteiger partial charge in [0.05, 0.1) is 6.10 Å². The molecule has 5 heteroatoms. The van der Waals surface area contributed by atoms with E-state index in [9.17, 15) is 14.7 Å². The molecule has 24 heavy (non-hydrogen) atoms. The summed E-state index contributed by atoms with van der Waals surface area (Å²) < 4.78 is 0. The first kappa shape index (κ1) is 20.2. The van der Waals surface area contributed by atoms with Crippen molar-refractivity contribution in [3.63, 3.8) is 0 Å². The van der Waals surface area contributed by atoms with Crippen molar-refractivity contribution in [3.8, 4) is 0 Å². The summed E-state index contributed by atoms with van der Waals surface area (Å²) in [5.74, 6) is -0.622. The Bertz CT molecular complexity index is 557. The molecule has 3 N–H and O–H groups in total. The van der Waals surface area contributed by atoms with E-state index >= 15 is 0 Å². The summed E-state index contributed by atoms with van der Waals surface area (Å²) >= 11 is 0. The SMILES string of the molecule is CC(O)CNC(=O)C(NC(=O)c1ccc(C(C)(C)C)cc1)C(C)C. The van der Waals surface area contributed by atoms with Gasteiger partial charge in [0.15, 0.2) is 0 Å². The lowest BCUT2D eigenvalue weighted by Crippen LogP contribution is -2.50. The Morgan fingerprint density at radius 1 is 1.08 bits per heavy atom. The minimum atomic E-state index is -0.640. The van der Waals surface area contributed by atoms with Gasteiger partial charge in [0.25, 0.3) is 5.91 Å². The monoisotopic (exact) mass is 334 g/mol. The van der Waals surface area contributed by atoms with E-state index in [0.29, 0.717) is 5.56 Å². The number of amides is 2. The van der Waals surface area contributed by atoms with Gasteiger partial charge in [0.1, 0.15) is 6.04 Å². The maximum absolute atomic E-state index is 12.4. The van der Waals surface area contributed by atoms with Gasteiger partial charge in [0.2, 0.25) is 5.91 Å². The van der Waals surface area contributed by atoms with Gasteiger partial charge in [-0.15, -0.1) is 0 Å². The van der Waals surface area contributed by atoms with Crippen LogP contribution in [0.2, 0.25) is 0 Å². The fourth-order valence-corrected chi connectivity index (χ4v) is 2.24. The highest BCUT2D eigenvalue weighted by molar-refractivity contribution is 5.97. The van der Waals surface area contributed by atoms with Crippen molar-refractivity contribution in [1.29, 1.82) is 0 Å². The number of benzene rings is 1. The van der Waals surface area contributed by atoms with Crippen LogP contribution in [0.5, 0.6) is 0 Å². The highest BCUT2D eigenvalue weighted by Crippen LogP contribution is 2.22. The number of nitrogens with one attached hydrogen (secondary N) is 2. The molecule has 0 aliphatic heterocycles. The molecule has 0 spiro atoms. The first-order chi connectivity index (χ1) is 11.0. The molecule has 0 fully saturated rings. The molecular formula is C19H30N2O3. The lowest BCUT2D eigenvalue weighted by molar-refractivity contribution is -0.124. The number of carbonyl (C=O) groups is 2. The average molecular weight is 334 g/mol. The normalized spacial score (nSPS) is 14.2. The van der Waals surface area contributed by atoms with Crippen molar-refractivity contribution in [2.45, 2.75) is 59.1 Å². The van der Waals surface area contributed by atoms with Crippen LogP contribution >= 0.6 is 0 Å². The van der Waals surface area contributed by atoms with Gasteiger partial charge in [-0.3, -0.25) is 9.59 Å². The second kappa shape index (κ2) is 8.29. The lowest BCUT2D eigenvalue weighted by atomic mass is 9.86. The van der Waals surface area contributed by atoms with Crippen molar-refractivity contribution in [3.05, 3.63) is 35.4 Å². The van der Waals surface area contributed by atoms with Crippen molar-refractivity contribution >= 4 is 11.8 Å². The highest BCUT2D eigenvalue weighted by atomic mass is 16.3. The molecule has 0 saturated heterocycles. The lowest BCUT2D eigenvalue weighted by Gasteiger charge is -2.23. The van der Waals surface area contributed by atoms with Gasteiger partial charge in [-0.1, -0.05) is 46.8 Å². The number of hydrogen-bond acceptors (Lipinski definition) is 3. The molecule has 1 aromatic rings. The molecule has 0 saturated carbocycles. The molecule has 0 aromatic heterocycles. The minimum absolute atomic E-state index is 0.0242. The van der Waals surface area contributed by atoms with E-state index in [1.165, 1.54) is 0 Å². The van der Waals surface area contributed by atoms with Crippen molar-refractivity contribution in [2.75, 3.05) is 6.54 Å². The molecule has 134 valence electrons. The minimum Gasteiger partial charge on any atom is -0.392 e. The zero-order valence-electron chi connectivity index (χ0n) is 15.5. The summed E-state index contributed by atoms with van der Waals surface area (Å²) in [4.78, 5) is 24.6. The zero-order chi connectivity index (χ0) is 18.5. The third kappa shape index (κ3) is 5.96. The molecule has 0 heterocycles. The first-order valence-corrected chi connectivity index (χ1v) is 8.39. The number of carbonyl (C=O) groups excluding carboxylic acids is 2. The molecule has 0 bridgehead atoms. The Kier molecular flexibility index (Phi) is 6.96. The topological polar surface area (TPSA) is 78.4 Å². The smallest absolute Gasteiger partial charge is 0.251 e. The van der Waals surface area contributed by atoms with Crippen LogP contribution in [0.15, 0.2) is 24.3 Å². The average Bonchev–Trinajstić information content (AvgIpc) is 2.48. The van der Waals surface area contributed by atoms with E-state index in [4.69, 9.17) is 0 Å². The summed E-state index contributed by atoms with van der Waals surface area (Å²) in [6, 6.07) is 6.79. The Morgan fingerprint density at radius 3 is 2.04 bits per heavy atom.